The number of nitrogens with zero attached hydrogens (tertiary/aromatic N) is 1. The van der Waals surface area contributed by atoms with Crippen molar-refractivity contribution >= 4 is 65.2 Å². The van der Waals surface area contributed by atoms with E-state index >= 15 is 0 Å². The number of hydrogen-bond acceptors (Lipinski definition) is 12. The second-order valence-electron chi connectivity index (χ2n) is 16.7. The molecule has 0 saturated carbocycles. The summed E-state index contributed by atoms with van der Waals surface area (Å²) in [6.07, 6.45) is -1.74. The maximum Gasteiger partial charge on any atom is 0.326 e. The van der Waals surface area contributed by atoms with E-state index in [4.69, 9.17) is 22.3 Å². The third-order valence-corrected chi connectivity index (χ3v) is 10.3. The van der Waals surface area contributed by atoms with Crippen molar-refractivity contribution in [3.05, 3.63) is 71.8 Å². The van der Waals surface area contributed by atoms with Crippen LogP contribution < -0.4 is 54.4 Å². The van der Waals surface area contributed by atoms with Crippen LogP contribution in [-0.4, -0.2) is 135 Å². The summed E-state index contributed by atoms with van der Waals surface area (Å²) < 4.78 is 0. The number of benzene rings is 2. The maximum absolute atomic E-state index is 14.3. The van der Waals surface area contributed by atoms with Crippen molar-refractivity contribution in [2.75, 3.05) is 6.54 Å². The van der Waals surface area contributed by atoms with E-state index in [1.165, 1.54) is 13.8 Å². The molecule has 16 N–H and O–H groups in total. The molecule has 24 nitrogen and oxygen atoms in total. The van der Waals surface area contributed by atoms with Crippen LogP contribution in [0.3, 0.4) is 0 Å². The Labute approximate surface area is 398 Å². The number of amides is 7. The summed E-state index contributed by atoms with van der Waals surface area (Å²) in [6.45, 7) is 6.16. The Morgan fingerprint density at radius 2 is 0.942 bits per heavy atom. The lowest BCUT2D eigenvalue weighted by atomic mass is 10.0. The van der Waals surface area contributed by atoms with Gasteiger partial charge >= 0.3 is 17.9 Å². The normalized spacial score (nSPS) is 14.3. The molecule has 0 aromatic heterocycles. The zero-order valence-corrected chi connectivity index (χ0v) is 38.9. The predicted molar refractivity (Wildman–Crippen MR) is 249 cm³/mol. The molecule has 7 amide bonds. The smallest absolute Gasteiger partial charge is 0.326 e. The van der Waals surface area contributed by atoms with Gasteiger partial charge in [-0.1, -0.05) is 74.5 Å². The Hall–Kier alpha value is -7.63. The van der Waals surface area contributed by atoms with Crippen LogP contribution in [-0.2, 0) is 60.8 Å². The predicted octanol–water partition coefficient (Wildman–Crippen LogP) is -2.24. The number of hydrogen-bond donors (Lipinski definition) is 13. The van der Waals surface area contributed by atoms with Gasteiger partial charge in [0, 0.05) is 25.8 Å². The Balaban J connectivity index is 2.38. The van der Waals surface area contributed by atoms with Gasteiger partial charge < -0.3 is 69.7 Å². The molecule has 69 heavy (non-hydrogen) atoms. The molecule has 0 bridgehead atoms. The van der Waals surface area contributed by atoms with Crippen LogP contribution >= 0.6 is 0 Å². The molecule has 24 heteroatoms. The van der Waals surface area contributed by atoms with Gasteiger partial charge in [-0.25, -0.2) is 4.79 Å². The lowest BCUT2D eigenvalue weighted by Crippen LogP contribution is -2.60. The minimum absolute atomic E-state index is 0.0111. The van der Waals surface area contributed by atoms with Crippen LogP contribution in [0.5, 0.6) is 0 Å². The molecule has 0 spiro atoms. The lowest BCUT2D eigenvalue weighted by Gasteiger charge is -2.27. The third-order valence-electron chi connectivity index (χ3n) is 10.3. The molecule has 8 atom stereocenters. The van der Waals surface area contributed by atoms with E-state index in [2.05, 4.69) is 42.2 Å². The fraction of sp³-hybridized carbons (Fsp3) is 0.489. The molecule has 0 unspecified atom stereocenters. The van der Waals surface area contributed by atoms with Gasteiger partial charge in [-0.15, -0.1) is 0 Å². The zero-order chi connectivity index (χ0) is 51.8. The summed E-state index contributed by atoms with van der Waals surface area (Å²) in [5.74, 6) is -10.9. The lowest BCUT2D eigenvalue weighted by molar-refractivity contribution is -0.142. The number of carboxylic acids is 3. The van der Waals surface area contributed by atoms with Crippen molar-refractivity contribution in [1.29, 1.82) is 0 Å². The first-order valence-corrected chi connectivity index (χ1v) is 22.1. The Morgan fingerprint density at radius 3 is 1.39 bits per heavy atom. The summed E-state index contributed by atoms with van der Waals surface area (Å²) >= 11 is 0. The number of carboxylic acid groups (broad SMARTS) is 3. The molecule has 2 rings (SSSR count). The third kappa shape index (κ3) is 22.1. The van der Waals surface area contributed by atoms with E-state index in [1.54, 1.807) is 74.5 Å². The second-order valence-corrected chi connectivity index (χ2v) is 16.7. The molecule has 0 aliphatic carbocycles. The number of nitrogens with one attached hydrogen (secondary N) is 7. The molecule has 0 aliphatic heterocycles. The van der Waals surface area contributed by atoms with Crippen molar-refractivity contribution in [3.8, 4) is 0 Å². The van der Waals surface area contributed by atoms with E-state index in [0.29, 0.717) is 11.1 Å². The minimum atomic E-state index is -1.82. The number of nitrogens with two attached hydrogens (primary N) is 3. The molecule has 0 fully saturated rings. The van der Waals surface area contributed by atoms with E-state index in [0.717, 1.165) is 0 Å². The largest absolute Gasteiger partial charge is 0.481 e. The number of aliphatic imine (C=N–C) groups is 1. The molecule has 0 radical (unpaired) electrons. The van der Waals surface area contributed by atoms with Crippen LogP contribution in [0.25, 0.3) is 0 Å². The van der Waals surface area contributed by atoms with Crippen LogP contribution in [0.4, 0.5) is 0 Å². The number of carbonyl (C=O) groups is 10. The highest BCUT2D eigenvalue weighted by molar-refractivity contribution is 5.98. The second kappa shape index (κ2) is 29.2. The van der Waals surface area contributed by atoms with Gasteiger partial charge in [0.05, 0.1) is 12.5 Å². The van der Waals surface area contributed by atoms with E-state index in [9.17, 15) is 58.2 Å². The van der Waals surface area contributed by atoms with Crippen molar-refractivity contribution < 1.29 is 63.3 Å². The van der Waals surface area contributed by atoms with Crippen molar-refractivity contribution in [1.82, 2.24) is 37.2 Å². The van der Waals surface area contributed by atoms with E-state index < -0.39 is 120 Å². The number of carbonyl (C=O) groups excluding carboxylic acids is 7. The summed E-state index contributed by atoms with van der Waals surface area (Å²) in [7, 11) is 0. The Kier molecular flexibility index (Phi) is 24.3. The first-order chi connectivity index (χ1) is 32.5. The van der Waals surface area contributed by atoms with Gasteiger partial charge in [0.25, 0.3) is 0 Å². The van der Waals surface area contributed by atoms with Crippen LogP contribution in [0.1, 0.15) is 77.3 Å². The number of guanidine groups is 1. The molecule has 2 aromatic carbocycles. The fourth-order valence-electron chi connectivity index (χ4n) is 6.55. The number of aliphatic carboxylic acids is 3. The van der Waals surface area contributed by atoms with Crippen LogP contribution in [0.15, 0.2) is 65.7 Å². The topological polar surface area (TPSA) is 406 Å². The van der Waals surface area contributed by atoms with E-state index in [-0.39, 0.29) is 56.9 Å². The van der Waals surface area contributed by atoms with Gasteiger partial charge in [0.2, 0.25) is 41.4 Å². The van der Waals surface area contributed by atoms with Crippen LogP contribution in [0, 0.1) is 5.92 Å². The Bertz CT molecular complexity index is 2120. The molecule has 2 aromatic rings. The molecule has 0 aliphatic rings. The minimum Gasteiger partial charge on any atom is -0.481 e. The first kappa shape index (κ1) is 57.5. The van der Waals surface area contributed by atoms with Crippen molar-refractivity contribution in [3.63, 3.8) is 0 Å². The Morgan fingerprint density at radius 1 is 0.522 bits per heavy atom. The average molecular weight is 968 g/mol. The zero-order valence-electron chi connectivity index (χ0n) is 38.9. The van der Waals surface area contributed by atoms with Gasteiger partial charge in [-0.3, -0.25) is 48.1 Å². The summed E-state index contributed by atoms with van der Waals surface area (Å²) in [6, 6.07) is 5.53. The highest BCUT2D eigenvalue weighted by atomic mass is 16.4. The quantitative estimate of drug-likeness (QED) is 0.0224. The number of rotatable bonds is 30. The van der Waals surface area contributed by atoms with Crippen LogP contribution in [0.2, 0.25) is 0 Å². The summed E-state index contributed by atoms with van der Waals surface area (Å²) in [4.78, 5) is 133. The molecular formula is C45H65N11O13. The van der Waals surface area contributed by atoms with Gasteiger partial charge in [0.15, 0.2) is 5.96 Å². The molecule has 378 valence electrons. The molecule has 0 heterocycles. The monoisotopic (exact) mass is 967 g/mol. The average Bonchev–Trinajstić information content (AvgIpc) is 3.28. The first-order valence-electron chi connectivity index (χ1n) is 22.1. The maximum atomic E-state index is 14.3. The van der Waals surface area contributed by atoms with Gasteiger partial charge in [-0.05, 0) is 56.6 Å². The van der Waals surface area contributed by atoms with Gasteiger partial charge in [-0.2, -0.15) is 0 Å². The summed E-state index contributed by atoms with van der Waals surface area (Å²) in [5.41, 5.74) is 17.5. The van der Waals surface area contributed by atoms with Crippen molar-refractivity contribution in [2.45, 2.75) is 127 Å². The SMILES string of the molecule is CC(C)C[C@H](NC(=O)[C@H](C)NC(=O)[C@@H](N)CCC(=O)O)C(=O)N[C@@H](CC(=O)O)C(=O)N[C@@H](Cc1ccccc1)C(=O)N[C@@H](Cc1ccccc1)C(=O)N[C@@H](C)C(=O)N[C@@H](CCCN=C(N)N)C(=O)O. The highest BCUT2D eigenvalue weighted by Crippen LogP contribution is 2.11. The van der Waals surface area contributed by atoms with E-state index in [1.807, 2.05) is 0 Å². The standard InChI is InChI=1S/C45H65N11O13/c1-24(2)20-31(53-38(62)25(3)50-39(63)29(46)17-18-35(57)58)41(65)56-34(23-36(59)60)43(67)55-33(22-28-14-9-6-10-15-28)42(66)54-32(21-27-12-7-5-8-13-27)40(64)51-26(4)37(61)52-30(44(68)69)16-11-19-49-45(47)48/h5-10,12-15,24-26,29-34H,11,16-23,46H2,1-4H3,(H,50,63)(H,51,64)(H,52,61)(H,53,62)(H,54,66)(H,55,67)(H,56,65)(H,57,58)(H,59,60)(H,68,69)(H4,47,48,49)/t25-,26-,29-,30-,31-,32-,33-,34-/m0/s1. The fourth-order valence-corrected chi connectivity index (χ4v) is 6.55. The van der Waals surface area contributed by atoms with Gasteiger partial charge in [0.1, 0.15) is 42.3 Å². The molecular weight excluding hydrogens is 903 g/mol. The summed E-state index contributed by atoms with van der Waals surface area (Å²) in [5, 5.41) is 45.6. The van der Waals surface area contributed by atoms with Crippen molar-refractivity contribution in [2.24, 2.45) is 28.1 Å². The molecule has 0 saturated heterocycles. The highest BCUT2D eigenvalue weighted by Gasteiger charge is 2.34.